The van der Waals surface area contributed by atoms with Crippen molar-refractivity contribution in [3.05, 3.63) is 23.8 Å². The van der Waals surface area contributed by atoms with Gasteiger partial charge >= 0.3 is 48.6 Å². The molecule has 1 saturated heterocycles. The maximum Gasteiger partial charge on any atom is 0.490 e. The number of carbonyl (C=O) groups excluding carboxylic acids is 4. The molecule has 0 bridgehead atoms. The standard InChI is InChI=1S/C27H28F12O10/c1-11-6-5-9-23(3,4)13(11)8-7-12(2)45-18-17(49-22(43)27(37,38)39)16(48-21(42)26(34,35)36)15(47-20(41)25(31,32)33)14(46-18)10-44-19(40)24(28,29)30/h6-8,12-18H,5,9-10H2,1-4H3/b8-7+/t12?,13?,14-,15-,16+,17-,18-/m0/s1. The van der Waals surface area contributed by atoms with Crippen LogP contribution in [-0.2, 0) is 47.6 Å². The summed E-state index contributed by atoms with van der Waals surface area (Å²) < 4.78 is 183. The smallest absolute Gasteiger partial charge is 0.456 e. The van der Waals surface area contributed by atoms with Gasteiger partial charge in [-0.25, -0.2) is 19.2 Å². The van der Waals surface area contributed by atoms with Gasteiger partial charge in [0.05, 0.1) is 6.10 Å². The number of hydrogen-bond acceptors (Lipinski definition) is 10. The SMILES string of the molecule is CC1=CCCC(C)(C)C1/C=C/C(C)O[C@H]1O[C@@H](COC(=O)C(F)(F)F)[C@H](OC(=O)C(F)(F)F)[C@@H](OC(=O)C(F)(F)F)[C@@H]1OC(=O)C(F)(F)F. The van der Waals surface area contributed by atoms with Crippen LogP contribution in [0.4, 0.5) is 52.7 Å². The number of ether oxygens (including phenoxy) is 6. The third-order valence-corrected chi connectivity index (χ3v) is 7.14. The number of hydrogen-bond donors (Lipinski definition) is 0. The summed E-state index contributed by atoms with van der Waals surface area (Å²) >= 11 is 0. The Morgan fingerprint density at radius 1 is 0.796 bits per heavy atom. The van der Waals surface area contributed by atoms with Crippen LogP contribution in [0.15, 0.2) is 23.8 Å². The molecule has 0 aromatic carbocycles. The van der Waals surface area contributed by atoms with E-state index in [1.807, 2.05) is 19.9 Å². The first-order valence-electron chi connectivity index (χ1n) is 13.8. The zero-order valence-corrected chi connectivity index (χ0v) is 25.5. The molecule has 49 heavy (non-hydrogen) atoms. The van der Waals surface area contributed by atoms with Crippen molar-refractivity contribution in [3.63, 3.8) is 0 Å². The lowest BCUT2D eigenvalue weighted by Gasteiger charge is -2.44. The lowest BCUT2D eigenvalue weighted by atomic mass is 9.68. The van der Waals surface area contributed by atoms with Crippen molar-refractivity contribution in [1.82, 2.24) is 0 Å². The van der Waals surface area contributed by atoms with Crippen LogP contribution >= 0.6 is 0 Å². The average Bonchev–Trinajstić information content (AvgIpc) is 2.91. The lowest BCUT2D eigenvalue weighted by Crippen LogP contribution is -2.64. The first-order chi connectivity index (χ1) is 22.1. The normalized spacial score (nSPS) is 27.1. The van der Waals surface area contributed by atoms with E-state index < -0.39 is 92.0 Å². The highest BCUT2D eigenvalue weighted by molar-refractivity contribution is 5.78. The third-order valence-electron chi connectivity index (χ3n) is 7.14. The minimum atomic E-state index is -6.06. The van der Waals surface area contributed by atoms with Crippen molar-refractivity contribution in [1.29, 1.82) is 0 Å². The van der Waals surface area contributed by atoms with Gasteiger partial charge in [-0.15, -0.1) is 0 Å². The van der Waals surface area contributed by atoms with E-state index in [-0.39, 0.29) is 11.3 Å². The monoisotopic (exact) mass is 740 g/mol. The summed E-state index contributed by atoms with van der Waals surface area (Å²) in [5.74, 6) is -13.3. The van der Waals surface area contributed by atoms with Crippen LogP contribution in [-0.4, -0.2) is 92.0 Å². The van der Waals surface area contributed by atoms with Gasteiger partial charge in [0.2, 0.25) is 0 Å². The molecule has 1 aliphatic heterocycles. The molecular formula is C27H28F12O10. The van der Waals surface area contributed by atoms with Gasteiger partial charge in [-0.1, -0.05) is 37.6 Å². The summed E-state index contributed by atoms with van der Waals surface area (Å²) in [4.78, 5) is 46.6. The molecule has 2 unspecified atom stereocenters. The van der Waals surface area contributed by atoms with Crippen molar-refractivity contribution in [3.8, 4) is 0 Å². The lowest BCUT2D eigenvalue weighted by molar-refractivity contribution is -0.325. The molecule has 0 radical (unpaired) electrons. The number of carbonyl (C=O) groups is 4. The molecule has 22 heteroatoms. The number of esters is 4. The van der Waals surface area contributed by atoms with Crippen molar-refractivity contribution in [2.45, 2.75) is 102 Å². The molecule has 0 spiro atoms. The fourth-order valence-corrected chi connectivity index (χ4v) is 4.84. The van der Waals surface area contributed by atoms with E-state index >= 15 is 0 Å². The van der Waals surface area contributed by atoms with E-state index in [1.165, 1.54) is 6.08 Å². The zero-order chi connectivity index (χ0) is 37.9. The van der Waals surface area contributed by atoms with Crippen molar-refractivity contribution < 1.29 is 100 Å². The second-order valence-corrected chi connectivity index (χ2v) is 11.4. The van der Waals surface area contributed by atoms with E-state index in [9.17, 15) is 71.9 Å². The average molecular weight is 740 g/mol. The topological polar surface area (TPSA) is 124 Å². The quantitative estimate of drug-likeness (QED) is 0.128. The van der Waals surface area contributed by atoms with Crippen LogP contribution in [0.25, 0.3) is 0 Å². The molecule has 0 aromatic rings. The van der Waals surface area contributed by atoms with E-state index in [0.717, 1.165) is 18.9 Å². The second-order valence-electron chi connectivity index (χ2n) is 11.4. The Morgan fingerprint density at radius 2 is 1.24 bits per heavy atom. The maximum absolute atomic E-state index is 13.2. The van der Waals surface area contributed by atoms with E-state index in [2.05, 4.69) is 18.9 Å². The van der Waals surface area contributed by atoms with Crippen molar-refractivity contribution in [2.24, 2.45) is 11.3 Å². The van der Waals surface area contributed by atoms with Gasteiger partial charge in [-0.3, -0.25) is 0 Å². The number of allylic oxidation sites excluding steroid dienone is 3. The Bertz CT molecular complexity index is 1280. The van der Waals surface area contributed by atoms with Gasteiger partial charge in [0, 0.05) is 5.92 Å². The molecule has 1 fully saturated rings. The fourth-order valence-electron chi connectivity index (χ4n) is 4.84. The molecule has 10 nitrogen and oxygen atoms in total. The Kier molecular flexibility index (Phi) is 12.9. The highest BCUT2D eigenvalue weighted by Gasteiger charge is 2.59. The number of rotatable bonds is 9. The van der Waals surface area contributed by atoms with Gasteiger partial charge in [0.25, 0.3) is 0 Å². The molecule has 0 aromatic heterocycles. The summed E-state index contributed by atoms with van der Waals surface area (Å²) in [7, 11) is 0. The number of alkyl halides is 12. The Hall–Kier alpha value is -3.56. The molecule has 280 valence electrons. The Morgan fingerprint density at radius 3 is 1.69 bits per heavy atom. The van der Waals surface area contributed by atoms with Gasteiger partial charge in [-0.05, 0) is 32.1 Å². The summed E-state index contributed by atoms with van der Waals surface area (Å²) in [5.41, 5.74) is 0.506. The van der Waals surface area contributed by atoms with E-state index in [4.69, 9.17) is 9.47 Å². The summed E-state index contributed by atoms with van der Waals surface area (Å²) in [5, 5.41) is 0. The van der Waals surface area contributed by atoms with Crippen LogP contribution in [0.1, 0.15) is 40.5 Å². The van der Waals surface area contributed by atoms with Crippen LogP contribution in [0.2, 0.25) is 0 Å². The molecule has 2 aliphatic rings. The molecule has 0 amide bonds. The van der Waals surface area contributed by atoms with Gasteiger partial charge < -0.3 is 28.4 Å². The van der Waals surface area contributed by atoms with Gasteiger partial charge in [0.1, 0.15) is 12.7 Å². The van der Waals surface area contributed by atoms with Crippen molar-refractivity contribution >= 4 is 23.9 Å². The summed E-state index contributed by atoms with van der Waals surface area (Å²) in [6.07, 6.45) is -34.4. The van der Waals surface area contributed by atoms with E-state index in [1.54, 1.807) is 13.0 Å². The molecule has 2 rings (SSSR count). The molecule has 7 atom stereocenters. The van der Waals surface area contributed by atoms with Gasteiger partial charge in [-0.2, -0.15) is 52.7 Å². The highest BCUT2D eigenvalue weighted by Crippen LogP contribution is 2.42. The second kappa shape index (κ2) is 15.1. The largest absolute Gasteiger partial charge is 0.490 e. The zero-order valence-electron chi connectivity index (χ0n) is 25.5. The predicted octanol–water partition coefficient (Wildman–Crippen LogP) is 5.58. The first kappa shape index (κ1) is 41.6. The molecule has 0 saturated carbocycles. The van der Waals surface area contributed by atoms with Crippen LogP contribution in [0, 0.1) is 11.3 Å². The highest BCUT2D eigenvalue weighted by atomic mass is 19.4. The van der Waals surface area contributed by atoms with Crippen LogP contribution in [0.3, 0.4) is 0 Å². The summed E-state index contributed by atoms with van der Waals surface area (Å²) in [6, 6.07) is 0. The first-order valence-corrected chi connectivity index (χ1v) is 13.8. The van der Waals surface area contributed by atoms with E-state index in [0.29, 0.717) is 6.42 Å². The Balaban J connectivity index is 2.67. The van der Waals surface area contributed by atoms with Crippen LogP contribution in [0.5, 0.6) is 0 Å². The number of halogens is 12. The predicted molar refractivity (Wildman–Crippen MR) is 133 cm³/mol. The van der Waals surface area contributed by atoms with Gasteiger partial charge in [0.15, 0.2) is 24.6 Å². The Labute approximate surface area is 268 Å². The third kappa shape index (κ3) is 11.5. The van der Waals surface area contributed by atoms with Crippen LogP contribution < -0.4 is 0 Å². The fraction of sp³-hybridized carbons (Fsp3) is 0.704. The summed E-state index contributed by atoms with van der Waals surface area (Å²) in [6.45, 7) is 4.75. The molecule has 1 heterocycles. The minimum Gasteiger partial charge on any atom is -0.456 e. The molecule has 0 N–H and O–H groups in total. The maximum atomic E-state index is 13.2. The molecule has 1 aliphatic carbocycles. The minimum absolute atomic E-state index is 0.292. The molecular weight excluding hydrogens is 712 g/mol. The van der Waals surface area contributed by atoms with Crippen molar-refractivity contribution in [2.75, 3.05) is 6.61 Å².